The van der Waals surface area contributed by atoms with Gasteiger partial charge in [-0.2, -0.15) is 20.5 Å². The summed E-state index contributed by atoms with van der Waals surface area (Å²) in [7, 11) is 0. The van der Waals surface area contributed by atoms with Gasteiger partial charge in [0.05, 0.1) is 62.7 Å². The number of azo groups is 2. The third-order valence-electron chi connectivity index (χ3n) is 8.20. The van der Waals surface area contributed by atoms with E-state index >= 15 is 0 Å². The topological polar surface area (TPSA) is 200 Å². The second kappa shape index (κ2) is 21.3. The number of hydrogen-bond acceptors (Lipinski definition) is 10. The van der Waals surface area contributed by atoms with Crippen LogP contribution in [0.3, 0.4) is 0 Å². The molecule has 2 unspecified atom stereocenters. The molecule has 0 bridgehead atoms. The van der Waals surface area contributed by atoms with E-state index < -0.39 is 47.3 Å². The molecule has 0 fully saturated rings. The summed E-state index contributed by atoms with van der Waals surface area (Å²) in [6.07, 6.45) is 0. The molecule has 0 heterocycles. The quantitative estimate of drug-likeness (QED) is 0.0630. The summed E-state index contributed by atoms with van der Waals surface area (Å²) in [5, 5.41) is 26.3. The molecule has 318 valence electrons. The Hall–Kier alpha value is -5.16. The number of halogens is 8. The molecular formula is C40H26Cl8N8O6. The lowest BCUT2D eigenvalue weighted by Crippen LogP contribution is -2.32. The van der Waals surface area contributed by atoms with Crippen LogP contribution in [0.1, 0.15) is 34.6 Å². The lowest BCUT2D eigenvalue weighted by Gasteiger charge is -2.15. The molecule has 62 heavy (non-hydrogen) atoms. The Labute approximate surface area is 392 Å². The maximum absolute atomic E-state index is 13.3. The van der Waals surface area contributed by atoms with Gasteiger partial charge in [0.25, 0.3) is 23.6 Å². The van der Waals surface area contributed by atoms with Gasteiger partial charge in [-0.1, -0.05) is 105 Å². The summed E-state index contributed by atoms with van der Waals surface area (Å²) in [4.78, 5) is 77.6. The van der Waals surface area contributed by atoms with Crippen molar-refractivity contribution in [2.45, 2.75) is 25.9 Å². The fourth-order valence-electron chi connectivity index (χ4n) is 5.11. The number of carbonyl (C=O) groups is 6. The van der Waals surface area contributed by atoms with Crippen LogP contribution >= 0.6 is 92.8 Å². The standard InChI is InChI=1S/C40H26Cl8N8O6/c1-17(57)35(55-53-29-7-3-5-21(33(29)47)37(59)49-19-9-11-23(41)25(43)13-19)39(61)51-31-15-28(46)32(16-27(31)45)52-40(62)36(18(2)58)56-54-30-8-4-6-22(34(30)48)38(60)50-20-10-12-24(42)26(44)14-20/h3-16,35-36H,1-2H3,(H,49,59)(H,50,60)(H,51,61)(H,52,62). The van der Waals surface area contributed by atoms with Gasteiger partial charge in [0.1, 0.15) is 11.4 Å². The second-order valence-corrected chi connectivity index (χ2v) is 15.9. The highest BCUT2D eigenvalue weighted by Gasteiger charge is 2.27. The first-order valence-corrected chi connectivity index (χ1v) is 20.4. The monoisotopic (exact) mass is 994 g/mol. The lowest BCUT2D eigenvalue weighted by atomic mass is 10.1. The van der Waals surface area contributed by atoms with Gasteiger partial charge < -0.3 is 21.3 Å². The summed E-state index contributed by atoms with van der Waals surface area (Å²) in [6, 6.07) is 16.5. The Bertz CT molecular complexity index is 2530. The van der Waals surface area contributed by atoms with E-state index in [2.05, 4.69) is 41.7 Å². The first-order valence-electron chi connectivity index (χ1n) is 17.4. The molecule has 5 aromatic carbocycles. The van der Waals surface area contributed by atoms with Crippen LogP contribution in [0, 0.1) is 0 Å². The van der Waals surface area contributed by atoms with Crippen molar-refractivity contribution in [3.05, 3.63) is 136 Å². The molecular weight excluding hydrogens is 972 g/mol. The van der Waals surface area contributed by atoms with Gasteiger partial charge in [0, 0.05) is 11.4 Å². The van der Waals surface area contributed by atoms with Crippen molar-refractivity contribution in [1.29, 1.82) is 0 Å². The summed E-state index contributed by atoms with van der Waals surface area (Å²) in [5.74, 6) is -4.60. The van der Waals surface area contributed by atoms with Crippen LogP contribution in [-0.2, 0) is 19.2 Å². The highest BCUT2D eigenvalue weighted by molar-refractivity contribution is 6.43. The van der Waals surface area contributed by atoms with Crippen molar-refractivity contribution in [3.8, 4) is 0 Å². The zero-order chi connectivity index (χ0) is 45.4. The average molecular weight is 998 g/mol. The number of ketones is 2. The van der Waals surface area contributed by atoms with E-state index in [0.29, 0.717) is 21.4 Å². The maximum atomic E-state index is 13.3. The van der Waals surface area contributed by atoms with Crippen LogP contribution in [0.5, 0.6) is 0 Å². The van der Waals surface area contributed by atoms with Gasteiger partial charge in [-0.15, -0.1) is 0 Å². The van der Waals surface area contributed by atoms with Crippen molar-refractivity contribution in [1.82, 2.24) is 0 Å². The molecule has 0 aliphatic carbocycles. The van der Waals surface area contributed by atoms with Crippen molar-refractivity contribution >= 4 is 162 Å². The fourth-order valence-corrected chi connectivity index (χ4v) is 6.62. The molecule has 22 heteroatoms. The molecule has 0 saturated heterocycles. The van der Waals surface area contributed by atoms with E-state index in [1.54, 1.807) is 0 Å². The number of nitrogens with one attached hydrogen (secondary N) is 4. The maximum Gasteiger partial charge on any atom is 0.258 e. The molecule has 2 atom stereocenters. The average Bonchev–Trinajstić information content (AvgIpc) is 3.20. The molecule has 0 aliphatic heterocycles. The number of carbonyl (C=O) groups excluding carboxylic acids is 6. The van der Waals surface area contributed by atoms with Gasteiger partial charge in [0.2, 0.25) is 12.1 Å². The predicted molar refractivity (Wildman–Crippen MR) is 243 cm³/mol. The third kappa shape index (κ3) is 12.1. The van der Waals surface area contributed by atoms with E-state index in [9.17, 15) is 28.8 Å². The van der Waals surface area contributed by atoms with Gasteiger partial charge in [-0.3, -0.25) is 28.8 Å². The largest absolute Gasteiger partial charge is 0.322 e. The van der Waals surface area contributed by atoms with Gasteiger partial charge >= 0.3 is 0 Å². The van der Waals surface area contributed by atoms with Crippen LogP contribution in [0.4, 0.5) is 34.1 Å². The summed E-state index contributed by atoms with van der Waals surface area (Å²) < 4.78 is 0. The van der Waals surface area contributed by atoms with E-state index in [0.717, 1.165) is 13.8 Å². The van der Waals surface area contributed by atoms with Gasteiger partial charge in [-0.05, 0) is 86.6 Å². The molecule has 0 radical (unpaired) electrons. The first kappa shape index (κ1) is 47.9. The third-order valence-corrected chi connectivity index (χ3v) is 11.1. The smallest absolute Gasteiger partial charge is 0.258 e. The molecule has 0 aromatic heterocycles. The van der Waals surface area contributed by atoms with Crippen LogP contribution in [0.25, 0.3) is 0 Å². The van der Waals surface area contributed by atoms with Crippen molar-refractivity contribution < 1.29 is 28.8 Å². The zero-order valence-electron chi connectivity index (χ0n) is 31.5. The number of rotatable bonds is 14. The Balaban J connectivity index is 1.26. The minimum atomic E-state index is -1.71. The van der Waals surface area contributed by atoms with Crippen LogP contribution in [0.2, 0.25) is 40.2 Å². The van der Waals surface area contributed by atoms with Crippen LogP contribution in [0.15, 0.2) is 105 Å². The number of Topliss-reactive ketones (excluding diaryl/α,β-unsaturated/α-hetero) is 2. The van der Waals surface area contributed by atoms with Crippen molar-refractivity contribution in [2.24, 2.45) is 20.5 Å². The molecule has 0 spiro atoms. The van der Waals surface area contributed by atoms with E-state index in [4.69, 9.17) is 92.8 Å². The Morgan fingerprint density at radius 2 is 0.823 bits per heavy atom. The molecule has 4 amide bonds. The van der Waals surface area contributed by atoms with E-state index in [1.165, 1.54) is 84.9 Å². The zero-order valence-corrected chi connectivity index (χ0v) is 37.5. The highest BCUT2D eigenvalue weighted by atomic mass is 35.5. The second-order valence-electron chi connectivity index (χ2n) is 12.7. The van der Waals surface area contributed by atoms with Gasteiger partial charge in [-0.25, -0.2) is 0 Å². The van der Waals surface area contributed by atoms with Crippen molar-refractivity contribution in [3.63, 3.8) is 0 Å². The minimum absolute atomic E-state index is 0.00249. The van der Waals surface area contributed by atoms with Crippen molar-refractivity contribution in [2.75, 3.05) is 21.3 Å². The number of hydrogen-bond donors (Lipinski definition) is 4. The summed E-state index contributed by atoms with van der Waals surface area (Å²) >= 11 is 49.7. The predicted octanol–water partition coefficient (Wildman–Crippen LogP) is 12.8. The number of nitrogens with zero attached hydrogens (tertiary/aromatic N) is 4. The number of benzene rings is 5. The van der Waals surface area contributed by atoms with Crippen LogP contribution < -0.4 is 21.3 Å². The first-order chi connectivity index (χ1) is 29.3. The minimum Gasteiger partial charge on any atom is -0.322 e. The number of anilines is 4. The fraction of sp³-hybridized carbons (Fsp3) is 0.100. The van der Waals surface area contributed by atoms with Crippen LogP contribution in [-0.4, -0.2) is 47.3 Å². The molecule has 0 saturated carbocycles. The SMILES string of the molecule is CC(=O)C(N=Nc1cccc(C(=O)Nc2ccc(Cl)c(Cl)c2)c1Cl)C(=O)Nc1cc(Cl)c(NC(=O)C(N=Nc2cccc(C(=O)Nc3ccc(Cl)c(Cl)c3)c2Cl)C(C)=O)cc1Cl. The summed E-state index contributed by atoms with van der Waals surface area (Å²) in [6.45, 7) is 2.20. The van der Waals surface area contributed by atoms with Gasteiger partial charge in [0.15, 0.2) is 11.6 Å². The Morgan fingerprint density at radius 3 is 1.16 bits per heavy atom. The Morgan fingerprint density at radius 1 is 0.452 bits per heavy atom. The summed E-state index contributed by atoms with van der Waals surface area (Å²) in [5.41, 5.74) is 0.462. The molecule has 14 nitrogen and oxygen atoms in total. The highest BCUT2D eigenvalue weighted by Crippen LogP contribution is 2.35. The van der Waals surface area contributed by atoms with E-state index in [1.807, 2.05) is 0 Å². The molecule has 5 aromatic rings. The lowest BCUT2D eigenvalue weighted by molar-refractivity contribution is -0.127. The molecule has 0 aliphatic rings. The Kier molecular flexibility index (Phi) is 16.4. The number of amides is 4. The molecule has 4 N–H and O–H groups in total. The normalized spacial score (nSPS) is 12.2. The van der Waals surface area contributed by atoms with E-state index in [-0.39, 0.29) is 64.0 Å². The molecule has 5 rings (SSSR count).